The summed E-state index contributed by atoms with van der Waals surface area (Å²) in [5.74, 6) is -25.5. The molecule has 7 rings (SSSR count). The van der Waals surface area contributed by atoms with E-state index in [4.69, 9.17) is 26.4 Å². The number of nitrogens with zero attached hydrogens (tertiary/aromatic N) is 7. The molecule has 0 unspecified atom stereocenters. The highest BCUT2D eigenvalue weighted by Crippen LogP contribution is 2.30. The van der Waals surface area contributed by atoms with Gasteiger partial charge in [-0.05, 0) is 69.4 Å². The number of aliphatic hydroxyl groups is 1. The number of H-pyrrole nitrogens is 1. The molecule has 0 radical (unpaired) electrons. The summed E-state index contributed by atoms with van der Waals surface area (Å²) in [4.78, 5) is 307. The molecule has 0 aliphatic carbocycles. The molecule has 4 fully saturated rings. The average Bonchev–Trinajstić information content (AvgIpc) is 1.65. The van der Waals surface area contributed by atoms with Crippen LogP contribution < -0.4 is 80.6 Å². The molecule has 0 saturated carbocycles. The number of carbonyl (C=O) groups excluding carboxylic acids is 15. The predicted octanol–water partition coefficient (Wildman–Crippen LogP) is -8.09. The third kappa shape index (κ3) is 43.4. The van der Waals surface area contributed by atoms with Gasteiger partial charge in [-0.2, -0.15) is 0 Å². The fraction of sp³-hybridized carbons (Fsp3) is 0.593. The first-order chi connectivity index (χ1) is 70.0. The van der Waals surface area contributed by atoms with Crippen molar-refractivity contribution in [2.24, 2.45) is 11.5 Å². The number of fused-ring (bicyclic) bond motifs is 2. The number of imidazole rings is 1. The molecule has 2 aromatic carbocycles. The smallest absolute Gasteiger partial charge is 0.317 e. The lowest BCUT2D eigenvalue weighted by Gasteiger charge is -2.33. The molecule has 810 valence electrons. The van der Waals surface area contributed by atoms with E-state index in [1.165, 1.54) is 34.5 Å². The van der Waals surface area contributed by atoms with Crippen molar-refractivity contribution < 1.29 is 146 Å². The Kier molecular flexibility index (Phi) is 51.4. The number of rotatable bonds is 51. The predicted molar refractivity (Wildman–Crippen MR) is 522 cm³/mol. The zero-order chi connectivity index (χ0) is 108. The van der Waals surface area contributed by atoms with E-state index in [1.807, 2.05) is 0 Å². The number of primary amides is 1. The van der Waals surface area contributed by atoms with E-state index in [2.05, 4.69) is 79.1 Å². The molecule has 4 aliphatic rings. The van der Waals surface area contributed by atoms with Crippen LogP contribution in [0.2, 0.25) is 0 Å². The number of hydrogen-bond donors (Lipinski definition) is 24. The molecular weight excluding hydrogens is 1970 g/mol. The summed E-state index contributed by atoms with van der Waals surface area (Å²) < 4.78 is 11.3. The molecule has 26 N–H and O–H groups in total. The Morgan fingerprint density at radius 1 is 0.497 bits per heavy atom. The van der Waals surface area contributed by atoms with E-state index in [0.717, 1.165) is 28.5 Å². The van der Waals surface area contributed by atoms with Gasteiger partial charge in [0.15, 0.2) is 5.96 Å². The first kappa shape index (κ1) is 120. The van der Waals surface area contributed by atoms with E-state index >= 15 is 28.8 Å². The second-order valence-electron chi connectivity index (χ2n) is 35.4. The summed E-state index contributed by atoms with van der Waals surface area (Å²) >= 11 is 0. The molecule has 1 aromatic heterocycles. The fourth-order valence-electron chi connectivity index (χ4n) is 16.3. The maximum Gasteiger partial charge on any atom is 0.317 e. The lowest BCUT2D eigenvalue weighted by atomic mass is 10.0. The minimum absolute atomic E-state index is 0.00457. The van der Waals surface area contributed by atoms with Gasteiger partial charge in [-0.1, -0.05) is 102 Å². The Balaban J connectivity index is 1.17. The third-order valence-electron chi connectivity index (χ3n) is 23.9. The molecule has 56 heteroatoms. The van der Waals surface area contributed by atoms with Crippen LogP contribution in [-0.4, -0.2) is 433 Å². The number of aromatic nitrogens is 2. The van der Waals surface area contributed by atoms with Crippen LogP contribution in [0.4, 0.5) is 0 Å². The Hall–Kier alpha value is -13.8. The van der Waals surface area contributed by atoms with Crippen LogP contribution >= 0.6 is 21.6 Å². The Morgan fingerprint density at radius 3 is 1.55 bits per heavy atom. The van der Waals surface area contributed by atoms with Gasteiger partial charge in [0.2, 0.25) is 88.6 Å². The fourth-order valence-corrected chi connectivity index (χ4v) is 18.6. The van der Waals surface area contributed by atoms with Crippen LogP contribution in [-0.2, 0) is 129 Å². The van der Waals surface area contributed by atoms with Gasteiger partial charge in [-0.25, -0.2) is 4.98 Å². The maximum absolute atomic E-state index is 15.6. The van der Waals surface area contributed by atoms with Crippen molar-refractivity contribution in [2.45, 2.75) is 201 Å². The number of aliphatic carboxylic acids is 6. The minimum Gasteiger partial charge on any atom is -0.481 e. The van der Waals surface area contributed by atoms with Crippen LogP contribution in [0.1, 0.15) is 114 Å². The van der Waals surface area contributed by atoms with Crippen LogP contribution in [0.5, 0.6) is 0 Å². The van der Waals surface area contributed by atoms with Gasteiger partial charge in [-0.3, -0.25) is 126 Å². The highest BCUT2D eigenvalue weighted by molar-refractivity contribution is 8.76. The topological polar surface area (TPSA) is 799 Å². The van der Waals surface area contributed by atoms with E-state index < -0.39 is 272 Å². The number of carbonyl (C=O) groups is 21. The number of amides is 15. The SMILES string of the molecule is CCCC[C@H](NC(=O)COCCOCCNC(=O)CN1CCN(CC(=O)O)CCN(CC(=O)O)CCN(CC(=O)O)CC1)C(=O)N[C@H]1CSSC[C@@H](C(=O)N[C@@H](CC(=O)O)C(=O)N[C@@H](Cc2c[nH]cn2)C(=O)N[C@@H](Cc2ccccc2)C(=O)N[C@@H](CCCNC(=N)N)C(=O)N[C@@H](CC(=O)O)C(N)=O)NC(=O)[C@H](Cc2ccccc2)NC(=O)[C@H](CCC(=O)O)NC(=O)[C@H]([C@@H](C)O)NC(=O)[C@@H]2CCCN2C(=O)[C@@H]2CCCN2C1=O. The lowest BCUT2D eigenvalue weighted by molar-refractivity contribution is -0.148. The molecule has 147 heavy (non-hydrogen) atoms. The van der Waals surface area contributed by atoms with Crippen LogP contribution in [0.15, 0.2) is 73.2 Å². The zero-order valence-electron chi connectivity index (χ0n) is 81.5. The summed E-state index contributed by atoms with van der Waals surface area (Å²) in [5, 5.41) is 110. The van der Waals surface area contributed by atoms with E-state index in [0.29, 0.717) is 24.0 Å². The van der Waals surface area contributed by atoms with Gasteiger partial charge in [0, 0.05) is 122 Å². The Labute approximate surface area is 853 Å². The van der Waals surface area contributed by atoms with Crippen molar-refractivity contribution in [3.63, 3.8) is 0 Å². The summed E-state index contributed by atoms with van der Waals surface area (Å²) in [5.41, 5.74) is 11.7. The number of guanidine groups is 1. The maximum atomic E-state index is 15.6. The van der Waals surface area contributed by atoms with Crippen LogP contribution in [0.25, 0.3) is 0 Å². The number of ether oxygens (including phenoxy) is 2. The first-order valence-corrected chi connectivity index (χ1v) is 50.5. The van der Waals surface area contributed by atoms with Gasteiger partial charge in [-0.15, -0.1) is 0 Å². The summed E-state index contributed by atoms with van der Waals surface area (Å²) in [6, 6.07) is -6.79. The average molecular weight is 2110 g/mol. The first-order valence-electron chi connectivity index (χ1n) is 48.0. The second-order valence-corrected chi connectivity index (χ2v) is 38.0. The standard InChI is InChI=1S/C91H134N24O30S2/c1-3-4-18-57(99-70(118)49-145-38-37-144-36-25-96-69(117)45-110-28-30-111(46-74(125)126)32-34-113(48-76(129)130)35-33-112(31-29-110)47-75(127)128)79(132)108-66-51-147-146-50-65(107-83(136)62(40-55-16-9-6-10-17-55)103-81(134)59(22-23-71(119)120)101-88(141)77(53(2)116)109-87(140)67-20-12-26-114(67)90(143)68-21-13-27-115(68)89(66)142)86(139)106-64(43-73(123)124)85(138)105-63(41-56-44-95-52-98-56)84(137)104-61(39-54-14-7-5-8-15-54)82(135)100-58(19-11-24-97-91(93)94)80(133)102-60(78(92)131)42-72(121)122/h5-10,14-17,44,52-53,57-68,77,116H,3-4,11-13,18-43,45-51H2,1-2H3,(H2,92,131)(H,95,98)(H,96,117)(H,99,118)(H,100,135)(H,101,141)(H,102,133)(H,103,134)(H,104,137)(H,105,138)(H,106,139)(H,107,136)(H,108,132)(H,109,140)(H,119,120)(H,121,122)(H,123,124)(H,125,126)(H,127,128)(H,129,130)(H4,93,94,97)/t53-,57+,58+,59+,60+,61+,62+,63+,64+,65+,66+,67+,68+,77+/m1/s1. The van der Waals surface area contributed by atoms with Crippen LogP contribution in [0.3, 0.4) is 0 Å². The Morgan fingerprint density at radius 2 is 1.00 bits per heavy atom. The molecule has 54 nitrogen and oxygen atoms in total. The lowest BCUT2D eigenvalue weighted by Crippen LogP contribution is -2.62. The van der Waals surface area contributed by atoms with Gasteiger partial charge < -0.3 is 141 Å². The highest BCUT2D eigenvalue weighted by Gasteiger charge is 2.47. The molecule has 4 saturated heterocycles. The van der Waals surface area contributed by atoms with E-state index in [1.54, 1.807) is 75.1 Å². The molecule has 0 spiro atoms. The number of aromatic amines is 1. The van der Waals surface area contributed by atoms with Crippen molar-refractivity contribution >= 4 is 152 Å². The molecular formula is C91H134N24O30S2. The monoisotopic (exact) mass is 2110 g/mol. The highest BCUT2D eigenvalue weighted by atomic mass is 33.1. The second kappa shape index (κ2) is 62.9. The molecule has 15 amide bonds. The minimum atomic E-state index is -2.24. The number of carboxylic acids is 6. The van der Waals surface area contributed by atoms with Gasteiger partial charge in [0.05, 0.1) is 77.0 Å². The largest absolute Gasteiger partial charge is 0.481 e. The molecule has 5 heterocycles. The van der Waals surface area contributed by atoms with Crippen molar-refractivity contribution in [1.82, 2.24) is 108 Å². The van der Waals surface area contributed by atoms with Crippen molar-refractivity contribution in [3.05, 3.63) is 90.0 Å². The van der Waals surface area contributed by atoms with Crippen molar-refractivity contribution in [2.75, 3.05) is 143 Å². The van der Waals surface area contributed by atoms with Gasteiger partial charge >= 0.3 is 35.8 Å². The number of nitrogens with two attached hydrogens (primary N) is 2. The van der Waals surface area contributed by atoms with Gasteiger partial charge in [0.1, 0.15) is 85.2 Å². The summed E-state index contributed by atoms with van der Waals surface area (Å²) in [6.45, 7) is 1.88. The van der Waals surface area contributed by atoms with Gasteiger partial charge in [0.25, 0.3) is 0 Å². The van der Waals surface area contributed by atoms with E-state index in [9.17, 15) is 108 Å². The molecule has 3 aromatic rings. The third-order valence-corrected chi connectivity index (χ3v) is 26.4. The number of unbranched alkanes of at least 4 members (excludes halogenated alkanes) is 1. The number of nitrogens with one attached hydrogen (secondary N) is 15. The number of hydrogen-bond acceptors (Lipinski definition) is 32. The van der Waals surface area contributed by atoms with Crippen LogP contribution in [0, 0.1) is 5.41 Å². The normalized spacial score (nSPS) is 20.5. The van der Waals surface area contributed by atoms with Crippen molar-refractivity contribution in [1.29, 1.82) is 5.41 Å². The quantitative estimate of drug-likeness (QED) is 0.0108. The van der Waals surface area contributed by atoms with E-state index in [-0.39, 0.29) is 182 Å². The number of carboxylic acid groups (broad SMARTS) is 6. The zero-order valence-corrected chi connectivity index (χ0v) is 83.1. The van der Waals surface area contributed by atoms with Crippen molar-refractivity contribution in [3.8, 4) is 0 Å². The number of benzene rings is 2. The summed E-state index contributed by atoms with van der Waals surface area (Å²) in [7, 11) is 1.52. The molecule has 0 bridgehead atoms. The Bertz CT molecular complexity index is 4950. The number of aliphatic hydroxyl groups excluding tert-OH is 1. The molecule has 14 atom stereocenters. The molecule has 4 aliphatic heterocycles. The summed E-state index contributed by atoms with van der Waals surface area (Å²) in [6.07, 6.45) is -3.45.